The topological polar surface area (TPSA) is 71.1 Å². The zero-order chi connectivity index (χ0) is 14.4. The molecule has 0 radical (unpaired) electrons. The van der Waals surface area contributed by atoms with E-state index in [-0.39, 0.29) is 22.6 Å². The molecule has 0 bridgehead atoms. The maximum absolute atomic E-state index is 12.0. The monoisotopic (exact) mass is 300 g/mol. The van der Waals surface area contributed by atoms with Crippen LogP contribution in [0.2, 0.25) is 0 Å². The summed E-state index contributed by atoms with van der Waals surface area (Å²) in [5, 5.41) is 0. The number of benzene rings is 2. The Morgan fingerprint density at radius 3 is 1.52 bits per heavy atom. The molecule has 2 aromatic carbocycles. The van der Waals surface area contributed by atoms with Gasteiger partial charge < -0.3 is 17.7 Å². The lowest BCUT2D eigenvalue weighted by Crippen LogP contribution is -2.61. The summed E-state index contributed by atoms with van der Waals surface area (Å²) in [6.07, 6.45) is 0. The third-order valence-corrected chi connectivity index (χ3v) is 4.93. The number of carbonyl (C=O) groups is 2. The standard InChI is InChI=1S/C14H8O6Si/c15-13-9-5-1-3-7-11(9)17-21(19-13)18-12-8-4-2-6-10(12)14(16)20-21/h1-8H. The highest BCUT2D eigenvalue weighted by Gasteiger charge is 2.65. The quantitative estimate of drug-likeness (QED) is 0.692. The van der Waals surface area contributed by atoms with Gasteiger partial charge in [-0.05, 0) is 24.3 Å². The zero-order valence-corrected chi connectivity index (χ0v) is 11.6. The smallest absolute Gasteiger partial charge is 0.451 e. The lowest BCUT2D eigenvalue weighted by Gasteiger charge is -2.33. The van der Waals surface area contributed by atoms with E-state index in [2.05, 4.69) is 0 Å². The van der Waals surface area contributed by atoms with Crippen LogP contribution >= 0.6 is 0 Å². The minimum Gasteiger partial charge on any atom is -0.451 e. The van der Waals surface area contributed by atoms with Crippen molar-refractivity contribution in [2.75, 3.05) is 0 Å². The summed E-state index contributed by atoms with van der Waals surface area (Å²) in [5.41, 5.74) is 0.545. The first-order valence-corrected chi connectivity index (χ1v) is 7.83. The maximum Gasteiger partial charge on any atom is 0.971 e. The molecule has 4 rings (SSSR count). The van der Waals surface area contributed by atoms with Crippen LogP contribution in [0, 0.1) is 0 Å². The second-order valence-corrected chi connectivity index (χ2v) is 6.29. The minimum atomic E-state index is -3.90. The summed E-state index contributed by atoms with van der Waals surface area (Å²) in [6.45, 7) is 0. The van der Waals surface area contributed by atoms with Crippen LogP contribution in [0.25, 0.3) is 0 Å². The van der Waals surface area contributed by atoms with E-state index in [1.807, 2.05) is 0 Å². The molecule has 6 nitrogen and oxygen atoms in total. The number of hydrogen-bond acceptors (Lipinski definition) is 6. The second-order valence-electron chi connectivity index (χ2n) is 4.48. The molecule has 2 heterocycles. The van der Waals surface area contributed by atoms with Crippen LogP contribution in [-0.4, -0.2) is 21.0 Å². The highest BCUT2D eigenvalue weighted by atomic mass is 28.4. The summed E-state index contributed by atoms with van der Waals surface area (Å²) < 4.78 is 21.5. The van der Waals surface area contributed by atoms with Gasteiger partial charge in [0.1, 0.15) is 11.5 Å². The minimum absolute atomic E-state index is 0.272. The summed E-state index contributed by atoms with van der Waals surface area (Å²) in [4.78, 5) is 24.1. The maximum atomic E-state index is 12.0. The molecule has 2 aromatic rings. The lowest BCUT2D eigenvalue weighted by molar-refractivity contribution is 0.0178. The molecule has 0 saturated heterocycles. The molecule has 0 unspecified atom stereocenters. The third-order valence-electron chi connectivity index (χ3n) is 3.12. The third kappa shape index (κ3) is 1.78. The van der Waals surface area contributed by atoms with Crippen LogP contribution in [-0.2, 0) is 8.85 Å². The molecule has 0 N–H and O–H groups in total. The van der Waals surface area contributed by atoms with E-state index in [4.69, 9.17) is 17.7 Å². The zero-order valence-electron chi connectivity index (χ0n) is 10.6. The molecular formula is C14H8O6Si. The van der Waals surface area contributed by atoms with Crippen molar-refractivity contribution in [1.82, 2.24) is 0 Å². The Labute approximate surface area is 120 Å². The number of hydrogen-bond donors (Lipinski definition) is 0. The van der Waals surface area contributed by atoms with E-state index in [0.29, 0.717) is 0 Å². The first-order chi connectivity index (χ1) is 10.2. The van der Waals surface area contributed by atoms with Crippen LogP contribution in [0.4, 0.5) is 0 Å². The Bertz CT molecular complexity index is 706. The van der Waals surface area contributed by atoms with Gasteiger partial charge in [-0.25, -0.2) is 9.59 Å². The van der Waals surface area contributed by atoms with Crippen molar-refractivity contribution in [3.05, 3.63) is 59.7 Å². The van der Waals surface area contributed by atoms with Crippen LogP contribution in [0.1, 0.15) is 20.7 Å². The summed E-state index contributed by atoms with van der Waals surface area (Å²) >= 11 is 0. The number of carbonyl (C=O) groups excluding carboxylic acids is 2. The number of para-hydroxylation sites is 2. The molecule has 104 valence electrons. The van der Waals surface area contributed by atoms with Gasteiger partial charge in [0.2, 0.25) is 0 Å². The SMILES string of the molecule is O=C1O[Si]2(OC(=O)c3ccccc3O2)Oc2ccccc21. The van der Waals surface area contributed by atoms with E-state index in [1.165, 1.54) is 0 Å². The average molecular weight is 300 g/mol. The molecule has 0 amide bonds. The predicted molar refractivity (Wildman–Crippen MR) is 70.7 cm³/mol. The average Bonchev–Trinajstić information content (AvgIpc) is 2.47. The summed E-state index contributed by atoms with van der Waals surface area (Å²) in [5.74, 6) is -0.688. The van der Waals surface area contributed by atoms with Crippen LogP contribution in [0.3, 0.4) is 0 Å². The Morgan fingerprint density at radius 1 is 0.619 bits per heavy atom. The van der Waals surface area contributed by atoms with Gasteiger partial charge >= 0.3 is 21.0 Å². The fraction of sp³-hybridized carbons (Fsp3) is 0. The molecular weight excluding hydrogens is 292 g/mol. The summed E-state index contributed by atoms with van der Waals surface area (Å²) in [6, 6.07) is 13.1. The fourth-order valence-electron chi connectivity index (χ4n) is 2.18. The van der Waals surface area contributed by atoms with E-state index >= 15 is 0 Å². The number of fused-ring (bicyclic) bond motifs is 2. The van der Waals surface area contributed by atoms with E-state index in [0.717, 1.165) is 0 Å². The first-order valence-electron chi connectivity index (χ1n) is 6.20. The van der Waals surface area contributed by atoms with E-state index in [9.17, 15) is 9.59 Å². The van der Waals surface area contributed by atoms with Crippen molar-refractivity contribution in [3.63, 3.8) is 0 Å². The van der Waals surface area contributed by atoms with Crippen molar-refractivity contribution in [3.8, 4) is 11.5 Å². The normalized spacial score (nSPS) is 17.7. The van der Waals surface area contributed by atoms with Gasteiger partial charge in [0.05, 0.1) is 11.1 Å². The molecule has 0 atom stereocenters. The molecule has 0 saturated carbocycles. The lowest BCUT2D eigenvalue weighted by atomic mass is 10.2. The highest BCUT2D eigenvalue weighted by molar-refractivity contribution is 6.61. The van der Waals surface area contributed by atoms with Gasteiger partial charge in [-0.2, -0.15) is 0 Å². The van der Waals surface area contributed by atoms with Crippen LogP contribution in [0.5, 0.6) is 11.5 Å². The van der Waals surface area contributed by atoms with Crippen LogP contribution < -0.4 is 8.85 Å². The highest BCUT2D eigenvalue weighted by Crippen LogP contribution is 2.35. The van der Waals surface area contributed by atoms with Gasteiger partial charge in [-0.1, -0.05) is 24.3 Å². The molecule has 7 heteroatoms. The molecule has 0 aromatic heterocycles. The summed E-state index contributed by atoms with van der Waals surface area (Å²) in [7, 11) is -3.90. The van der Waals surface area contributed by atoms with Gasteiger partial charge in [-0.3, -0.25) is 0 Å². The van der Waals surface area contributed by atoms with Crippen LogP contribution in [0.15, 0.2) is 48.5 Å². The Balaban J connectivity index is 1.78. The predicted octanol–water partition coefficient (Wildman–Crippen LogP) is 1.92. The fourth-order valence-corrected chi connectivity index (χ4v) is 4.00. The largest absolute Gasteiger partial charge is 0.971 e. The molecule has 0 fully saturated rings. The van der Waals surface area contributed by atoms with Crippen molar-refractivity contribution < 1.29 is 27.3 Å². The van der Waals surface area contributed by atoms with Gasteiger partial charge in [0.15, 0.2) is 0 Å². The second kappa shape index (κ2) is 4.09. The van der Waals surface area contributed by atoms with Gasteiger partial charge in [0.25, 0.3) is 0 Å². The molecule has 2 aliphatic heterocycles. The first kappa shape index (κ1) is 12.0. The molecule has 1 spiro atoms. The molecule has 21 heavy (non-hydrogen) atoms. The van der Waals surface area contributed by atoms with Crippen molar-refractivity contribution in [2.24, 2.45) is 0 Å². The van der Waals surface area contributed by atoms with Crippen molar-refractivity contribution in [1.29, 1.82) is 0 Å². The van der Waals surface area contributed by atoms with Gasteiger partial charge in [0, 0.05) is 0 Å². The van der Waals surface area contributed by atoms with Gasteiger partial charge in [-0.15, -0.1) is 0 Å². The Hall–Kier alpha value is -2.80. The molecule has 2 aliphatic rings. The number of rotatable bonds is 0. The van der Waals surface area contributed by atoms with E-state index in [1.54, 1.807) is 48.5 Å². The van der Waals surface area contributed by atoms with Crippen molar-refractivity contribution in [2.45, 2.75) is 0 Å². The Morgan fingerprint density at radius 2 is 1.05 bits per heavy atom. The van der Waals surface area contributed by atoms with E-state index < -0.39 is 21.0 Å². The van der Waals surface area contributed by atoms with Crippen molar-refractivity contribution >= 4 is 21.0 Å². The Kier molecular flexibility index (Phi) is 2.33. The molecule has 0 aliphatic carbocycles.